The maximum atomic E-state index is 13.5. The summed E-state index contributed by atoms with van der Waals surface area (Å²) in [5, 5.41) is 12.2. The molecular formula is C25H23ClN4O2. The molecular weight excluding hydrogens is 424 g/mol. The first-order valence-corrected chi connectivity index (χ1v) is 11.1. The Hall–Kier alpha value is -3.22. The van der Waals surface area contributed by atoms with Crippen molar-refractivity contribution >= 4 is 28.8 Å². The van der Waals surface area contributed by atoms with Gasteiger partial charge in [0, 0.05) is 36.5 Å². The van der Waals surface area contributed by atoms with Gasteiger partial charge in [-0.15, -0.1) is 10.2 Å². The maximum absolute atomic E-state index is 13.5. The predicted molar refractivity (Wildman–Crippen MR) is 124 cm³/mol. The van der Waals surface area contributed by atoms with Crippen molar-refractivity contribution in [3.63, 3.8) is 0 Å². The van der Waals surface area contributed by atoms with E-state index >= 15 is 0 Å². The van der Waals surface area contributed by atoms with E-state index in [1.165, 1.54) is 0 Å². The molecule has 162 valence electrons. The maximum Gasteiger partial charge on any atom is 0.235 e. The summed E-state index contributed by atoms with van der Waals surface area (Å²) in [5.41, 5.74) is 2.83. The summed E-state index contributed by atoms with van der Waals surface area (Å²) < 4.78 is 7.53. The van der Waals surface area contributed by atoms with Gasteiger partial charge in [-0.2, -0.15) is 0 Å². The SMILES string of the molecule is O=C(Nc1ccc(Cc2nnc3ccccn23)cc1)C1(c2ccccc2Cl)CCOCC1. The zero-order valence-electron chi connectivity index (χ0n) is 17.5. The Morgan fingerprint density at radius 2 is 1.75 bits per heavy atom. The molecule has 2 aromatic heterocycles. The summed E-state index contributed by atoms with van der Waals surface area (Å²) in [6.07, 6.45) is 3.81. The highest BCUT2D eigenvalue weighted by Crippen LogP contribution is 2.39. The monoisotopic (exact) mass is 446 g/mol. The van der Waals surface area contributed by atoms with Gasteiger partial charge in [0.15, 0.2) is 5.65 Å². The molecule has 2 aromatic carbocycles. The number of rotatable bonds is 5. The van der Waals surface area contributed by atoms with Gasteiger partial charge in [-0.05, 0) is 54.3 Å². The summed E-state index contributed by atoms with van der Waals surface area (Å²) in [4.78, 5) is 13.5. The number of nitrogens with one attached hydrogen (secondary N) is 1. The second-order valence-corrected chi connectivity index (χ2v) is 8.45. The van der Waals surface area contributed by atoms with Gasteiger partial charge in [0.25, 0.3) is 0 Å². The molecule has 1 amide bonds. The topological polar surface area (TPSA) is 68.5 Å². The predicted octanol–water partition coefficient (Wildman–Crippen LogP) is 4.66. The summed E-state index contributed by atoms with van der Waals surface area (Å²) in [5.74, 6) is 0.822. The van der Waals surface area contributed by atoms with Gasteiger partial charge in [-0.3, -0.25) is 9.20 Å². The molecule has 1 N–H and O–H groups in total. The van der Waals surface area contributed by atoms with Gasteiger partial charge < -0.3 is 10.1 Å². The zero-order valence-corrected chi connectivity index (χ0v) is 18.3. The Kier molecular flexibility index (Phi) is 5.64. The van der Waals surface area contributed by atoms with Crippen molar-refractivity contribution < 1.29 is 9.53 Å². The molecule has 7 heteroatoms. The second kappa shape index (κ2) is 8.73. The number of aromatic nitrogens is 3. The minimum absolute atomic E-state index is 0.0508. The fourth-order valence-electron chi connectivity index (χ4n) is 4.34. The van der Waals surface area contributed by atoms with Crippen molar-refractivity contribution in [2.75, 3.05) is 18.5 Å². The van der Waals surface area contributed by atoms with Crippen LogP contribution < -0.4 is 5.32 Å². The van der Waals surface area contributed by atoms with Crippen LogP contribution in [0.3, 0.4) is 0 Å². The molecule has 6 nitrogen and oxygen atoms in total. The molecule has 1 aliphatic rings. The van der Waals surface area contributed by atoms with Crippen LogP contribution in [-0.2, 0) is 21.4 Å². The fourth-order valence-corrected chi connectivity index (χ4v) is 4.66. The number of fused-ring (bicyclic) bond motifs is 1. The van der Waals surface area contributed by atoms with Gasteiger partial charge in [-0.1, -0.05) is 48.0 Å². The number of carbonyl (C=O) groups excluding carboxylic acids is 1. The fraction of sp³-hybridized carbons (Fsp3) is 0.240. The lowest BCUT2D eigenvalue weighted by molar-refractivity contribution is -0.125. The van der Waals surface area contributed by atoms with E-state index in [0.717, 1.165) is 28.3 Å². The van der Waals surface area contributed by atoms with E-state index in [2.05, 4.69) is 15.5 Å². The Morgan fingerprint density at radius 1 is 1.00 bits per heavy atom. The Bertz CT molecular complexity index is 1250. The van der Waals surface area contributed by atoms with Crippen molar-refractivity contribution in [2.45, 2.75) is 24.7 Å². The van der Waals surface area contributed by atoms with Crippen molar-refractivity contribution in [3.8, 4) is 0 Å². The number of halogens is 1. The molecule has 1 saturated heterocycles. The number of nitrogens with zero attached hydrogens (tertiary/aromatic N) is 3. The first-order chi connectivity index (χ1) is 15.7. The number of hydrogen-bond donors (Lipinski definition) is 1. The Morgan fingerprint density at radius 3 is 2.53 bits per heavy atom. The summed E-state index contributed by atoms with van der Waals surface area (Å²) in [6, 6.07) is 21.3. The molecule has 0 saturated carbocycles. The van der Waals surface area contributed by atoms with E-state index < -0.39 is 5.41 Å². The number of carbonyl (C=O) groups is 1. The third-order valence-corrected chi connectivity index (χ3v) is 6.46. The minimum atomic E-state index is -0.699. The summed E-state index contributed by atoms with van der Waals surface area (Å²) in [6.45, 7) is 1.06. The summed E-state index contributed by atoms with van der Waals surface area (Å²) >= 11 is 6.49. The molecule has 5 rings (SSSR count). The van der Waals surface area contributed by atoms with Gasteiger partial charge in [0.1, 0.15) is 5.82 Å². The van der Waals surface area contributed by atoms with Crippen LogP contribution in [0, 0.1) is 0 Å². The zero-order chi connectivity index (χ0) is 22.0. The molecule has 4 aromatic rings. The van der Waals surface area contributed by atoms with E-state index in [4.69, 9.17) is 16.3 Å². The molecule has 0 unspecified atom stereocenters. The number of benzene rings is 2. The highest BCUT2D eigenvalue weighted by molar-refractivity contribution is 6.31. The molecule has 0 spiro atoms. The third-order valence-electron chi connectivity index (χ3n) is 6.13. The van der Waals surface area contributed by atoms with Crippen molar-refractivity contribution in [2.24, 2.45) is 0 Å². The van der Waals surface area contributed by atoms with Crippen molar-refractivity contribution in [1.29, 1.82) is 0 Å². The van der Waals surface area contributed by atoms with Crippen LogP contribution in [0.2, 0.25) is 5.02 Å². The van der Waals surface area contributed by atoms with E-state index in [1.807, 2.05) is 77.3 Å². The van der Waals surface area contributed by atoms with Crippen LogP contribution in [0.15, 0.2) is 72.9 Å². The summed E-state index contributed by atoms with van der Waals surface area (Å²) in [7, 11) is 0. The van der Waals surface area contributed by atoms with Crippen LogP contribution in [0.25, 0.3) is 5.65 Å². The Labute approximate surface area is 191 Å². The van der Waals surface area contributed by atoms with Gasteiger partial charge in [-0.25, -0.2) is 0 Å². The molecule has 0 aliphatic carbocycles. The molecule has 1 fully saturated rings. The van der Waals surface area contributed by atoms with Gasteiger partial charge in [0.05, 0.1) is 5.41 Å². The largest absolute Gasteiger partial charge is 0.381 e. The Balaban J connectivity index is 1.35. The standard InChI is InChI=1S/C25H23ClN4O2/c26-21-6-2-1-5-20(21)25(12-15-32-16-13-25)24(31)27-19-10-8-18(9-11-19)17-23-29-28-22-7-3-4-14-30(22)23/h1-11,14H,12-13,15-17H2,(H,27,31). The smallest absolute Gasteiger partial charge is 0.235 e. The van der Waals surface area contributed by atoms with Crippen LogP contribution in [0.4, 0.5) is 5.69 Å². The first-order valence-electron chi connectivity index (χ1n) is 10.7. The molecule has 32 heavy (non-hydrogen) atoms. The molecule has 0 atom stereocenters. The average molecular weight is 447 g/mol. The number of pyridine rings is 1. The second-order valence-electron chi connectivity index (χ2n) is 8.05. The number of anilines is 1. The highest BCUT2D eigenvalue weighted by Gasteiger charge is 2.43. The average Bonchev–Trinajstić information content (AvgIpc) is 3.24. The lowest BCUT2D eigenvalue weighted by Crippen LogP contribution is -2.45. The van der Waals surface area contributed by atoms with Crippen LogP contribution in [-0.4, -0.2) is 33.7 Å². The normalized spacial score (nSPS) is 15.5. The highest BCUT2D eigenvalue weighted by atomic mass is 35.5. The van der Waals surface area contributed by atoms with Crippen molar-refractivity contribution in [1.82, 2.24) is 14.6 Å². The third kappa shape index (κ3) is 3.87. The lowest BCUT2D eigenvalue weighted by Gasteiger charge is -2.36. The van der Waals surface area contributed by atoms with E-state index in [9.17, 15) is 4.79 Å². The van der Waals surface area contributed by atoms with Crippen LogP contribution >= 0.6 is 11.6 Å². The van der Waals surface area contributed by atoms with E-state index in [1.54, 1.807) is 0 Å². The van der Waals surface area contributed by atoms with Crippen LogP contribution in [0.5, 0.6) is 0 Å². The van der Waals surface area contributed by atoms with Gasteiger partial charge in [0.2, 0.25) is 5.91 Å². The minimum Gasteiger partial charge on any atom is -0.381 e. The van der Waals surface area contributed by atoms with Gasteiger partial charge >= 0.3 is 0 Å². The number of hydrogen-bond acceptors (Lipinski definition) is 4. The molecule has 3 heterocycles. The number of amides is 1. The first kappa shape index (κ1) is 20.7. The number of ether oxygens (including phenoxy) is 1. The molecule has 0 bridgehead atoms. The lowest BCUT2D eigenvalue weighted by atomic mass is 9.73. The van der Waals surface area contributed by atoms with Crippen molar-refractivity contribution in [3.05, 3.63) is 94.9 Å². The molecule has 1 aliphatic heterocycles. The van der Waals surface area contributed by atoms with Crippen LogP contribution in [0.1, 0.15) is 29.8 Å². The van der Waals surface area contributed by atoms with E-state index in [-0.39, 0.29) is 5.91 Å². The quantitative estimate of drug-likeness (QED) is 0.484. The van der Waals surface area contributed by atoms with E-state index in [0.29, 0.717) is 37.5 Å². The molecule has 0 radical (unpaired) electrons.